The number of amides is 1. The topological polar surface area (TPSA) is 53.0 Å². The number of aliphatic hydroxyl groups is 1. The van der Waals surface area contributed by atoms with Crippen LogP contribution in [-0.4, -0.2) is 61.4 Å². The van der Waals surface area contributed by atoms with Crippen molar-refractivity contribution in [3.05, 3.63) is 41.0 Å². The number of halogens is 1. The Labute approximate surface area is 145 Å². The quantitative estimate of drug-likeness (QED) is 0.849. The number of nitrogens with zero attached hydrogens (tertiary/aromatic N) is 2. The van der Waals surface area contributed by atoms with Gasteiger partial charge in [0, 0.05) is 36.7 Å². The second-order valence-electron chi connectivity index (χ2n) is 5.56. The molecule has 1 fully saturated rings. The van der Waals surface area contributed by atoms with Gasteiger partial charge >= 0.3 is 0 Å². The molecule has 126 valence electrons. The van der Waals surface area contributed by atoms with Crippen molar-refractivity contribution < 1.29 is 14.7 Å². The molecule has 1 aromatic carbocycles. The molecule has 5 nitrogen and oxygen atoms in total. The first-order valence-corrected chi connectivity index (χ1v) is 8.49. The highest BCUT2D eigenvalue weighted by molar-refractivity contribution is 9.15. The van der Waals surface area contributed by atoms with Crippen LogP contribution in [0.2, 0.25) is 0 Å². The number of carbonyl (C=O) groups excluding carboxylic acids is 1. The molecule has 0 bridgehead atoms. The maximum absolute atomic E-state index is 12.2. The summed E-state index contributed by atoms with van der Waals surface area (Å²) in [7, 11) is 3.39. The number of hydrogen-bond acceptors (Lipinski definition) is 4. The Balaban J connectivity index is 2.09. The van der Waals surface area contributed by atoms with Crippen LogP contribution in [0, 0.1) is 0 Å². The average molecular weight is 383 g/mol. The number of rotatable bonds is 5. The van der Waals surface area contributed by atoms with E-state index in [1.165, 1.54) is 10.5 Å². The molecule has 1 aliphatic heterocycles. The first kappa shape index (κ1) is 18.1. The molecule has 1 amide bonds. The van der Waals surface area contributed by atoms with Crippen molar-refractivity contribution in [2.45, 2.75) is 12.8 Å². The lowest BCUT2D eigenvalue weighted by Crippen LogP contribution is -2.29. The summed E-state index contributed by atoms with van der Waals surface area (Å²) in [5.41, 5.74) is 3.08. The zero-order chi connectivity index (χ0) is 16.8. The molecule has 1 N–H and O–H groups in total. The molecule has 0 radical (unpaired) electrons. The first-order chi connectivity index (χ1) is 11.1. The molecule has 1 saturated heterocycles. The van der Waals surface area contributed by atoms with Crippen molar-refractivity contribution in [2.24, 2.45) is 0 Å². The maximum atomic E-state index is 12.2. The standard InChI is InChI=1S/C17H23BrN2O3/c1-19(11-12-21)17(22)15-5-3-13(4-6-15)16(18)14-7-9-20(23-2)10-8-14/h3-6,21H,7-12H2,1-2H3. The number of likely N-dealkylation sites (N-methyl/N-ethyl adjacent to an activating group) is 1. The van der Waals surface area contributed by atoms with Crippen LogP contribution in [0.1, 0.15) is 28.8 Å². The molecule has 1 aliphatic rings. The van der Waals surface area contributed by atoms with Crippen LogP contribution in [0.3, 0.4) is 0 Å². The first-order valence-electron chi connectivity index (χ1n) is 7.70. The zero-order valence-electron chi connectivity index (χ0n) is 13.6. The minimum Gasteiger partial charge on any atom is -0.395 e. The van der Waals surface area contributed by atoms with E-state index in [9.17, 15) is 4.79 Å². The molecule has 23 heavy (non-hydrogen) atoms. The van der Waals surface area contributed by atoms with Crippen molar-refractivity contribution in [1.82, 2.24) is 9.96 Å². The summed E-state index contributed by atoms with van der Waals surface area (Å²) in [6.45, 7) is 2.09. The van der Waals surface area contributed by atoms with Crippen molar-refractivity contribution in [1.29, 1.82) is 0 Å². The minimum atomic E-state index is -0.0808. The molecule has 1 aromatic rings. The van der Waals surface area contributed by atoms with Gasteiger partial charge in [-0.15, -0.1) is 0 Å². The van der Waals surface area contributed by atoms with E-state index in [4.69, 9.17) is 9.94 Å². The molecule has 0 unspecified atom stereocenters. The van der Waals surface area contributed by atoms with Gasteiger partial charge in [0.1, 0.15) is 0 Å². The van der Waals surface area contributed by atoms with E-state index in [1.54, 1.807) is 14.2 Å². The van der Waals surface area contributed by atoms with Gasteiger partial charge in [-0.05, 0) is 30.5 Å². The van der Waals surface area contributed by atoms with Crippen LogP contribution in [0.4, 0.5) is 0 Å². The van der Waals surface area contributed by atoms with Gasteiger partial charge in [-0.3, -0.25) is 4.79 Å². The fraction of sp³-hybridized carbons (Fsp3) is 0.471. The predicted molar refractivity (Wildman–Crippen MR) is 94.2 cm³/mol. The summed E-state index contributed by atoms with van der Waals surface area (Å²) in [6.07, 6.45) is 1.93. The Morgan fingerprint density at radius 3 is 2.35 bits per heavy atom. The summed E-state index contributed by atoms with van der Waals surface area (Å²) < 4.78 is 1.11. The second-order valence-corrected chi connectivity index (χ2v) is 6.35. The Hall–Kier alpha value is -1.21. The third-order valence-corrected chi connectivity index (χ3v) is 5.08. The van der Waals surface area contributed by atoms with Crippen molar-refractivity contribution in [2.75, 3.05) is 40.4 Å². The molecule has 1 heterocycles. The van der Waals surface area contributed by atoms with Crippen LogP contribution in [0.15, 0.2) is 29.8 Å². The maximum Gasteiger partial charge on any atom is 0.253 e. The van der Waals surface area contributed by atoms with Gasteiger partial charge in [-0.2, -0.15) is 5.06 Å². The molecular weight excluding hydrogens is 360 g/mol. The summed E-state index contributed by atoms with van der Waals surface area (Å²) in [5.74, 6) is -0.0808. The van der Waals surface area contributed by atoms with E-state index >= 15 is 0 Å². The Morgan fingerprint density at radius 2 is 1.83 bits per heavy atom. The van der Waals surface area contributed by atoms with Gasteiger partial charge in [0.05, 0.1) is 13.7 Å². The molecule has 0 aliphatic carbocycles. The van der Waals surface area contributed by atoms with Gasteiger partial charge < -0.3 is 14.8 Å². The fourth-order valence-electron chi connectivity index (χ4n) is 2.59. The third-order valence-electron chi connectivity index (χ3n) is 4.06. The van der Waals surface area contributed by atoms with E-state index in [2.05, 4.69) is 15.9 Å². The second kappa shape index (κ2) is 8.59. The smallest absolute Gasteiger partial charge is 0.253 e. The normalized spacial score (nSPS) is 15.6. The lowest BCUT2D eigenvalue weighted by Gasteiger charge is -2.26. The summed E-state index contributed by atoms with van der Waals surface area (Å²) in [5, 5.41) is 10.9. The fourth-order valence-corrected chi connectivity index (χ4v) is 3.25. The zero-order valence-corrected chi connectivity index (χ0v) is 15.2. The van der Waals surface area contributed by atoms with Crippen molar-refractivity contribution in [3.63, 3.8) is 0 Å². The van der Waals surface area contributed by atoms with Crippen LogP contribution in [0.25, 0.3) is 4.48 Å². The molecular formula is C17H23BrN2O3. The molecule has 6 heteroatoms. The molecule has 2 rings (SSSR count). The Kier molecular flexibility index (Phi) is 6.77. The average Bonchev–Trinajstić information content (AvgIpc) is 2.61. The summed E-state index contributed by atoms with van der Waals surface area (Å²) in [4.78, 5) is 18.9. The predicted octanol–water partition coefficient (Wildman–Crippen LogP) is 2.51. The number of carbonyl (C=O) groups is 1. The lowest BCUT2D eigenvalue weighted by molar-refractivity contribution is -0.135. The van der Waals surface area contributed by atoms with E-state index in [1.807, 2.05) is 29.3 Å². The minimum absolute atomic E-state index is 0.0313. The number of aliphatic hydroxyl groups excluding tert-OH is 1. The van der Waals surface area contributed by atoms with Gasteiger partial charge in [0.2, 0.25) is 0 Å². The van der Waals surface area contributed by atoms with Gasteiger partial charge in [-0.1, -0.05) is 33.6 Å². The molecule has 0 aromatic heterocycles. The van der Waals surface area contributed by atoms with Crippen molar-refractivity contribution >= 4 is 26.3 Å². The number of hydrogen-bond donors (Lipinski definition) is 1. The van der Waals surface area contributed by atoms with Crippen LogP contribution < -0.4 is 0 Å². The highest BCUT2D eigenvalue weighted by Gasteiger charge is 2.17. The van der Waals surface area contributed by atoms with E-state index < -0.39 is 0 Å². The third kappa shape index (κ3) is 4.64. The lowest BCUT2D eigenvalue weighted by atomic mass is 10.0. The monoisotopic (exact) mass is 382 g/mol. The van der Waals surface area contributed by atoms with E-state index in [-0.39, 0.29) is 12.5 Å². The number of benzene rings is 1. The highest BCUT2D eigenvalue weighted by atomic mass is 79.9. The number of hydroxylamine groups is 2. The Bertz CT molecular complexity index is 562. The highest BCUT2D eigenvalue weighted by Crippen LogP contribution is 2.31. The van der Waals surface area contributed by atoms with Gasteiger partial charge in [0.25, 0.3) is 5.91 Å². The van der Waals surface area contributed by atoms with Crippen LogP contribution >= 0.6 is 15.9 Å². The summed E-state index contributed by atoms with van der Waals surface area (Å²) >= 11 is 3.70. The van der Waals surface area contributed by atoms with Gasteiger partial charge in [0.15, 0.2) is 0 Å². The Morgan fingerprint density at radius 1 is 1.26 bits per heavy atom. The number of piperidine rings is 1. The van der Waals surface area contributed by atoms with Crippen LogP contribution in [0.5, 0.6) is 0 Å². The molecule has 0 saturated carbocycles. The van der Waals surface area contributed by atoms with Crippen molar-refractivity contribution in [3.8, 4) is 0 Å². The molecule has 0 atom stereocenters. The summed E-state index contributed by atoms with van der Waals surface area (Å²) in [6, 6.07) is 7.58. The van der Waals surface area contributed by atoms with Crippen LogP contribution in [-0.2, 0) is 4.84 Å². The largest absolute Gasteiger partial charge is 0.395 e. The van der Waals surface area contributed by atoms with Gasteiger partial charge in [-0.25, -0.2) is 0 Å². The SMILES string of the molecule is CON1CCC(=C(Br)c2ccc(C(=O)N(C)CCO)cc2)CC1. The molecule has 0 spiro atoms. The van der Waals surface area contributed by atoms with E-state index in [0.717, 1.165) is 36.0 Å². The van der Waals surface area contributed by atoms with E-state index in [0.29, 0.717) is 12.1 Å².